The molecular formula is C17H27N3O5Si. The standard InChI is InChI=1S/C17H27N3O5Si/c1-17(2,3)26(5,6)25-13-11(7-9-18)24-15(14(13)23-4)20-10-8-12(21)19-16(20)22/h8,10-11,13-15H,7H2,1-6H3,(H,19,21,22)/t11-,13-,14-,15-/m1/s1. The summed E-state index contributed by atoms with van der Waals surface area (Å²) < 4.78 is 19.4. The van der Waals surface area contributed by atoms with Crippen molar-refractivity contribution in [1.82, 2.24) is 9.55 Å². The summed E-state index contributed by atoms with van der Waals surface area (Å²) >= 11 is 0. The van der Waals surface area contributed by atoms with E-state index in [-0.39, 0.29) is 11.5 Å². The quantitative estimate of drug-likeness (QED) is 0.779. The smallest absolute Gasteiger partial charge is 0.330 e. The minimum Gasteiger partial charge on any atom is -0.408 e. The Hall–Kier alpha value is -1.73. The fourth-order valence-corrected chi connectivity index (χ4v) is 4.04. The first-order chi connectivity index (χ1) is 12.0. The van der Waals surface area contributed by atoms with Crippen LogP contribution in [0.3, 0.4) is 0 Å². The molecule has 1 fully saturated rings. The average molecular weight is 382 g/mol. The van der Waals surface area contributed by atoms with Crippen molar-refractivity contribution < 1.29 is 13.9 Å². The van der Waals surface area contributed by atoms with Crippen molar-refractivity contribution >= 4 is 8.32 Å². The molecule has 26 heavy (non-hydrogen) atoms. The van der Waals surface area contributed by atoms with Crippen LogP contribution in [0, 0.1) is 11.3 Å². The Morgan fingerprint density at radius 3 is 2.50 bits per heavy atom. The van der Waals surface area contributed by atoms with Gasteiger partial charge in [-0.05, 0) is 18.1 Å². The van der Waals surface area contributed by atoms with Crippen LogP contribution >= 0.6 is 0 Å². The van der Waals surface area contributed by atoms with Crippen LogP contribution in [-0.2, 0) is 13.9 Å². The summed E-state index contributed by atoms with van der Waals surface area (Å²) in [6, 6.07) is 3.36. The second-order valence-electron chi connectivity index (χ2n) is 7.99. The number of hydrogen-bond donors (Lipinski definition) is 1. The first-order valence-corrected chi connectivity index (χ1v) is 11.5. The topological polar surface area (TPSA) is 106 Å². The maximum atomic E-state index is 12.2. The molecule has 0 unspecified atom stereocenters. The lowest BCUT2D eigenvalue weighted by Gasteiger charge is -2.40. The van der Waals surface area contributed by atoms with Crippen molar-refractivity contribution in [2.24, 2.45) is 0 Å². The van der Waals surface area contributed by atoms with Crippen molar-refractivity contribution in [1.29, 1.82) is 5.26 Å². The Morgan fingerprint density at radius 1 is 1.35 bits per heavy atom. The number of nitrogens with one attached hydrogen (secondary N) is 1. The van der Waals surface area contributed by atoms with E-state index in [1.165, 1.54) is 23.9 Å². The van der Waals surface area contributed by atoms with Crippen LogP contribution in [0.5, 0.6) is 0 Å². The second kappa shape index (κ2) is 7.48. The van der Waals surface area contributed by atoms with Gasteiger partial charge in [-0.25, -0.2) is 4.79 Å². The van der Waals surface area contributed by atoms with Crippen molar-refractivity contribution in [2.75, 3.05) is 7.11 Å². The lowest BCUT2D eigenvalue weighted by Crippen LogP contribution is -2.49. The first kappa shape index (κ1) is 20.6. The number of aromatic amines is 1. The predicted molar refractivity (Wildman–Crippen MR) is 98.3 cm³/mol. The summed E-state index contributed by atoms with van der Waals surface area (Å²) in [4.78, 5) is 25.7. The first-order valence-electron chi connectivity index (χ1n) is 8.56. The lowest BCUT2D eigenvalue weighted by atomic mass is 10.1. The van der Waals surface area contributed by atoms with Crippen molar-refractivity contribution in [3.8, 4) is 6.07 Å². The molecule has 1 saturated heterocycles. The Balaban J connectivity index is 2.41. The van der Waals surface area contributed by atoms with Gasteiger partial charge in [0.2, 0.25) is 0 Å². The zero-order chi connectivity index (χ0) is 19.7. The number of nitrogens with zero attached hydrogens (tertiary/aromatic N) is 2. The SMILES string of the molecule is CO[C@@H]1[C@H](O[Si](C)(C)C(C)(C)C)[C@@H](CC#N)O[C@H]1n1ccc(=O)[nH]c1=O. The summed E-state index contributed by atoms with van der Waals surface area (Å²) in [6.45, 7) is 10.6. The molecule has 0 bridgehead atoms. The highest BCUT2D eigenvalue weighted by Crippen LogP contribution is 2.42. The van der Waals surface area contributed by atoms with Crippen LogP contribution in [-0.4, -0.2) is 43.3 Å². The van der Waals surface area contributed by atoms with Gasteiger partial charge in [-0.15, -0.1) is 0 Å². The molecule has 0 aliphatic carbocycles. The van der Waals surface area contributed by atoms with Crippen molar-refractivity contribution in [2.45, 2.75) is 69.9 Å². The van der Waals surface area contributed by atoms with E-state index in [4.69, 9.17) is 13.9 Å². The van der Waals surface area contributed by atoms with Gasteiger partial charge in [0.25, 0.3) is 5.56 Å². The number of rotatable bonds is 5. The summed E-state index contributed by atoms with van der Waals surface area (Å²) in [7, 11) is -0.644. The van der Waals surface area contributed by atoms with Crippen LogP contribution in [0.4, 0.5) is 0 Å². The Kier molecular flexibility index (Phi) is 5.92. The fraction of sp³-hybridized carbons (Fsp3) is 0.706. The molecule has 1 aromatic heterocycles. The second-order valence-corrected chi connectivity index (χ2v) is 12.7. The molecule has 2 heterocycles. The van der Waals surface area contributed by atoms with Crippen LogP contribution in [0.25, 0.3) is 0 Å². The lowest BCUT2D eigenvalue weighted by molar-refractivity contribution is -0.0528. The van der Waals surface area contributed by atoms with Gasteiger partial charge < -0.3 is 13.9 Å². The normalized spacial score (nSPS) is 26.7. The molecule has 1 aliphatic heterocycles. The van der Waals surface area contributed by atoms with Gasteiger partial charge in [0.05, 0.1) is 12.5 Å². The van der Waals surface area contributed by atoms with Gasteiger partial charge in [-0.3, -0.25) is 14.3 Å². The van der Waals surface area contributed by atoms with Crippen LogP contribution in [0.1, 0.15) is 33.4 Å². The van der Waals surface area contributed by atoms with E-state index < -0.39 is 44.1 Å². The number of hydrogen-bond acceptors (Lipinski definition) is 6. The molecule has 1 aliphatic rings. The van der Waals surface area contributed by atoms with E-state index in [0.29, 0.717) is 0 Å². The molecule has 0 radical (unpaired) electrons. The van der Waals surface area contributed by atoms with E-state index in [2.05, 4.69) is 44.9 Å². The van der Waals surface area contributed by atoms with Gasteiger partial charge in [0.1, 0.15) is 18.3 Å². The largest absolute Gasteiger partial charge is 0.408 e. The number of nitriles is 1. The highest BCUT2D eigenvalue weighted by Gasteiger charge is 2.51. The third-order valence-corrected chi connectivity index (χ3v) is 9.69. The predicted octanol–water partition coefficient (Wildman–Crippen LogP) is 1.75. The number of H-pyrrole nitrogens is 1. The van der Waals surface area contributed by atoms with Gasteiger partial charge in [0, 0.05) is 19.4 Å². The van der Waals surface area contributed by atoms with Crippen LogP contribution in [0.15, 0.2) is 21.9 Å². The fourth-order valence-electron chi connectivity index (χ4n) is 2.72. The highest BCUT2D eigenvalue weighted by atomic mass is 28.4. The van der Waals surface area contributed by atoms with Gasteiger partial charge in [-0.2, -0.15) is 5.26 Å². The summed E-state index contributed by atoms with van der Waals surface area (Å²) in [6.07, 6.45) is -0.875. The zero-order valence-corrected chi connectivity index (χ0v) is 17.1. The average Bonchev–Trinajstić information content (AvgIpc) is 2.83. The molecule has 1 N–H and O–H groups in total. The highest BCUT2D eigenvalue weighted by molar-refractivity contribution is 6.74. The Labute approximate surface area is 153 Å². The van der Waals surface area contributed by atoms with E-state index in [1.54, 1.807) is 0 Å². The maximum Gasteiger partial charge on any atom is 0.330 e. The summed E-state index contributed by atoms with van der Waals surface area (Å²) in [5, 5.41) is 9.15. The van der Waals surface area contributed by atoms with E-state index in [0.717, 1.165) is 0 Å². The molecule has 0 saturated carbocycles. The third-order valence-electron chi connectivity index (χ3n) is 5.21. The van der Waals surface area contributed by atoms with Crippen LogP contribution in [0.2, 0.25) is 18.1 Å². The van der Waals surface area contributed by atoms with E-state index in [1.807, 2.05) is 0 Å². The molecule has 2 rings (SSSR count). The minimum absolute atomic E-state index is 0.0323. The minimum atomic E-state index is -2.17. The number of methoxy groups -OCH3 is 1. The van der Waals surface area contributed by atoms with Crippen molar-refractivity contribution in [3.05, 3.63) is 33.1 Å². The number of ether oxygens (including phenoxy) is 2. The van der Waals surface area contributed by atoms with Gasteiger partial charge in [-0.1, -0.05) is 20.8 Å². The monoisotopic (exact) mass is 381 g/mol. The van der Waals surface area contributed by atoms with Gasteiger partial charge >= 0.3 is 5.69 Å². The molecule has 8 nitrogen and oxygen atoms in total. The Bertz CT molecular complexity index is 789. The molecule has 144 valence electrons. The molecule has 0 amide bonds. The van der Waals surface area contributed by atoms with Gasteiger partial charge in [0.15, 0.2) is 14.5 Å². The Morgan fingerprint density at radius 2 is 2.00 bits per heavy atom. The van der Waals surface area contributed by atoms with E-state index >= 15 is 0 Å². The molecular weight excluding hydrogens is 354 g/mol. The van der Waals surface area contributed by atoms with Crippen LogP contribution < -0.4 is 11.2 Å². The molecule has 0 spiro atoms. The summed E-state index contributed by atoms with van der Waals surface area (Å²) in [5.41, 5.74) is -1.07. The molecule has 1 aromatic rings. The summed E-state index contributed by atoms with van der Waals surface area (Å²) in [5.74, 6) is 0. The zero-order valence-electron chi connectivity index (χ0n) is 16.1. The third kappa shape index (κ3) is 3.99. The molecule has 0 aromatic carbocycles. The van der Waals surface area contributed by atoms with E-state index in [9.17, 15) is 14.9 Å². The molecule has 4 atom stereocenters. The maximum absolute atomic E-state index is 12.2. The molecule has 9 heteroatoms. The number of aromatic nitrogens is 2. The van der Waals surface area contributed by atoms with Crippen molar-refractivity contribution in [3.63, 3.8) is 0 Å².